The third kappa shape index (κ3) is 6.41. The van der Waals surface area contributed by atoms with Crippen LogP contribution in [0.3, 0.4) is 0 Å². The number of hydrogen-bond donors (Lipinski definition) is 1. The molecule has 17 heavy (non-hydrogen) atoms. The second-order valence-corrected chi connectivity index (χ2v) is 8.05. The molecule has 0 amide bonds. The van der Waals surface area contributed by atoms with Crippen LogP contribution in [0.25, 0.3) is 0 Å². The first-order chi connectivity index (χ1) is 7.88. The maximum absolute atomic E-state index is 11.0. The quantitative estimate of drug-likeness (QED) is 0.772. The van der Waals surface area contributed by atoms with Crippen molar-refractivity contribution in [1.82, 2.24) is 5.32 Å². The van der Waals surface area contributed by atoms with Gasteiger partial charge in [-0.25, -0.2) is 8.42 Å². The van der Waals surface area contributed by atoms with Crippen LogP contribution < -0.4 is 5.32 Å². The van der Waals surface area contributed by atoms with Crippen LogP contribution in [-0.2, 0) is 9.84 Å². The van der Waals surface area contributed by atoms with Gasteiger partial charge in [0, 0.05) is 18.8 Å². The van der Waals surface area contributed by atoms with Gasteiger partial charge < -0.3 is 5.32 Å². The number of rotatable bonds is 5. The molecule has 1 rings (SSSR count). The minimum absolute atomic E-state index is 0.261. The highest BCUT2D eigenvalue weighted by Crippen LogP contribution is 2.28. The Morgan fingerprint density at radius 2 is 1.88 bits per heavy atom. The molecule has 0 spiro atoms. The molecule has 1 saturated carbocycles. The summed E-state index contributed by atoms with van der Waals surface area (Å²) >= 11 is 0. The van der Waals surface area contributed by atoms with Crippen LogP contribution in [0.1, 0.15) is 46.0 Å². The lowest BCUT2D eigenvalue weighted by molar-refractivity contribution is 0.338. The molecule has 0 aliphatic heterocycles. The third-order valence-corrected chi connectivity index (χ3v) is 4.81. The van der Waals surface area contributed by atoms with Crippen LogP contribution in [0.4, 0.5) is 0 Å². The van der Waals surface area contributed by atoms with E-state index in [-0.39, 0.29) is 5.75 Å². The van der Waals surface area contributed by atoms with E-state index in [0.717, 1.165) is 11.8 Å². The normalized spacial score (nSPS) is 27.1. The van der Waals surface area contributed by atoms with Gasteiger partial charge in [-0.1, -0.05) is 26.7 Å². The Bertz CT molecular complexity index is 311. The molecular formula is C13H27NO2S. The molecule has 2 unspecified atom stereocenters. The summed E-state index contributed by atoms with van der Waals surface area (Å²) in [7, 11) is -2.82. The minimum Gasteiger partial charge on any atom is -0.313 e. The summed E-state index contributed by atoms with van der Waals surface area (Å²) in [5, 5.41) is 3.40. The first kappa shape index (κ1) is 15.0. The van der Waals surface area contributed by atoms with Crippen molar-refractivity contribution in [3.05, 3.63) is 0 Å². The van der Waals surface area contributed by atoms with Gasteiger partial charge in [0.25, 0.3) is 0 Å². The number of sulfone groups is 1. The van der Waals surface area contributed by atoms with E-state index in [1.54, 1.807) is 0 Å². The Labute approximate surface area is 106 Å². The van der Waals surface area contributed by atoms with Gasteiger partial charge in [0.15, 0.2) is 0 Å². The monoisotopic (exact) mass is 261 g/mol. The van der Waals surface area contributed by atoms with Crippen molar-refractivity contribution in [2.75, 3.05) is 18.6 Å². The summed E-state index contributed by atoms with van der Waals surface area (Å²) in [6, 6.07) is 0.528. The Morgan fingerprint density at radius 3 is 2.47 bits per heavy atom. The van der Waals surface area contributed by atoms with Gasteiger partial charge in [-0.15, -0.1) is 0 Å². The summed E-state index contributed by atoms with van der Waals surface area (Å²) in [6.07, 6.45) is 7.60. The topological polar surface area (TPSA) is 46.2 Å². The van der Waals surface area contributed by atoms with E-state index < -0.39 is 9.84 Å². The summed E-state index contributed by atoms with van der Waals surface area (Å²) in [4.78, 5) is 0. The average Bonchev–Trinajstić information content (AvgIpc) is 2.41. The van der Waals surface area contributed by atoms with Crippen molar-refractivity contribution in [2.45, 2.75) is 52.0 Å². The lowest BCUT2D eigenvalue weighted by Crippen LogP contribution is -2.32. The lowest BCUT2D eigenvalue weighted by Gasteiger charge is -2.19. The Hall–Kier alpha value is -0.0900. The van der Waals surface area contributed by atoms with Crippen molar-refractivity contribution >= 4 is 9.84 Å². The molecule has 102 valence electrons. The molecule has 2 atom stereocenters. The summed E-state index contributed by atoms with van der Waals surface area (Å²) in [5.74, 6) is 1.90. The molecule has 0 saturated heterocycles. The fourth-order valence-electron chi connectivity index (χ4n) is 2.65. The summed E-state index contributed by atoms with van der Waals surface area (Å²) < 4.78 is 22.1. The predicted molar refractivity (Wildman–Crippen MR) is 72.9 cm³/mol. The lowest BCUT2D eigenvalue weighted by atomic mass is 9.89. The highest BCUT2D eigenvalue weighted by Gasteiger charge is 2.20. The van der Waals surface area contributed by atoms with Crippen LogP contribution in [0.15, 0.2) is 0 Å². The first-order valence-electron chi connectivity index (χ1n) is 6.79. The van der Waals surface area contributed by atoms with Crippen LogP contribution in [0, 0.1) is 11.8 Å². The van der Waals surface area contributed by atoms with Crippen molar-refractivity contribution < 1.29 is 8.42 Å². The van der Waals surface area contributed by atoms with Crippen LogP contribution in [-0.4, -0.2) is 33.0 Å². The molecule has 1 aliphatic rings. The summed E-state index contributed by atoms with van der Waals surface area (Å²) in [5.41, 5.74) is 0. The van der Waals surface area contributed by atoms with Crippen molar-refractivity contribution in [2.24, 2.45) is 11.8 Å². The predicted octanol–water partition coefficient (Wildman–Crippen LogP) is 2.23. The molecule has 0 heterocycles. The molecule has 1 N–H and O–H groups in total. The van der Waals surface area contributed by atoms with Crippen LogP contribution in [0.5, 0.6) is 0 Å². The maximum atomic E-state index is 11.0. The third-order valence-electron chi connectivity index (χ3n) is 3.86. The zero-order valence-corrected chi connectivity index (χ0v) is 12.2. The van der Waals surface area contributed by atoms with Crippen LogP contribution >= 0.6 is 0 Å². The van der Waals surface area contributed by atoms with Crippen molar-refractivity contribution in [3.8, 4) is 0 Å². The van der Waals surface area contributed by atoms with E-state index in [1.165, 1.54) is 38.4 Å². The van der Waals surface area contributed by atoms with Crippen LogP contribution in [0.2, 0.25) is 0 Å². The van der Waals surface area contributed by atoms with E-state index in [0.29, 0.717) is 12.6 Å². The standard InChI is InChI=1S/C13H27NO2S/c1-11(2)12-5-4-6-13(8-7-12)14-9-10-17(3,15)16/h11-14H,4-10H2,1-3H3. The highest BCUT2D eigenvalue weighted by molar-refractivity contribution is 7.90. The van der Waals surface area contributed by atoms with E-state index in [1.807, 2.05) is 0 Å². The van der Waals surface area contributed by atoms with E-state index in [9.17, 15) is 8.42 Å². The van der Waals surface area contributed by atoms with E-state index >= 15 is 0 Å². The number of hydrogen-bond acceptors (Lipinski definition) is 3. The van der Waals surface area contributed by atoms with Gasteiger partial charge in [0.2, 0.25) is 0 Å². The zero-order valence-electron chi connectivity index (χ0n) is 11.4. The van der Waals surface area contributed by atoms with Crippen molar-refractivity contribution in [3.63, 3.8) is 0 Å². The Morgan fingerprint density at radius 1 is 1.18 bits per heavy atom. The fourth-order valence-corrected chi connectivity index (χ4v) is 3.14. The largest absolute Gasteiger partial charge is 0.313 e. The Kier molecular flexibility index (Phi) is 5.93. The summed E-state index contributed by atoms with van der Waals surface area (Å²) in [6.45, 7) is 5.22. The highest BCUT2D eigenvalue weighted by atomic mass is 32.2. The molecule has 0 aromatic heterocycles. The van der Waals surface area contributed by atoms with Gasteiger partial charge in [-0.2, -0.15) is 0 Å². The molecule has 4 heteroatoms. The van der Waals surface area contributed by atoms with Crippen molar-refractivity contribution in [1.29, 1.82) is 0 Å². The second kappa shape index (κ2) is 6.74. The molecule has 0 aromatic rings. The molecule has 0 aromatic carbocycles. The smallest absolute Gasteiger partial charge is 0.148 e. The first-order valence-corrected chi connectivity index (χ1v) is 8.85. The molecule has 0 radical (unpaired) electrons. The molecule has 1 fully saturated rings. The number of nitrogens with one attached hydrogen (secondary N) is 1. The maximum Gasteiger partial charge on any atom is 0.148 e. The van der Waals surface area contributed by atoms with Gasteiger partial charge in [0.05, 0.1) is 5.75 Å². The molecule has 3 nitrogen and oxygen atoms in total. The van der Waals surface area contributed by atoms with E-state index in [2.05, 4.69) is 19.2 Å². The van der Waals surface area contributed by atoms with Gasteiger partial charge >= 0.3 is 0 Å². The zero-order chi connectivity index (χ0) is 12.9. The SMILES string of the molecule is CC(C)C1CCCC(NCCS(C)(=O)=O)CC1. The minimum atomic E-state index is -2.82. The molecular weight excluding hydrogens is 234 g/mol. The van der Waals surface area contributed by atoms with E-state index in [4.69, 9.17) is 0 Å². The average molecular weight is 261 g/mol. The second-order valence-electron chi connectivity index (χ2n) is 5.79. The van der Waals surface area contributed by atoms with Gasteiger partial charge in [0.1, 0.15) is 9.84 Å². The van der Waals surface area contributed by atoms with Gasteiger partial charge in [-0.3, -0.25) is 0 Å². The Balaban J connectivity index is 2.27. The molecule has 1 aliphatic carbocycles. The fraction of sp³-hybridized carbons (Fsp3) is 1.00. The van der Waals surface area contributed by atoms with Gasteiger partial charge in [-0.05, 0) is 31.1 Å². The molecule has 0 bridgehead atoms.